The number of carbonyl (C=O) groups is 1. The Morgan fingerprint density at radius 3 is 2.63 bits per heavy atom. The van der Waals surface area contributed by atoms with Crippen LogP contribution in [0, 0.1) is 13.8 Å². The minimum atomic E-state index is 0.656. The highest BCUT2D eigenvalue weighted by Crippen LogP contribution is 2.30. The minimum absolute atomic E-state index is 0.656. The van der Waals surface area contributed by atoms with E-state index in [1.165, 1.54) is 11.1 Å². The number of fused-ring (bicyclic) bond motifs is 1. The van der Waals surface area contributed by atoms with Crippen LogP contribution in [0.3, 0.4) is 0 Å². The number of aryl methyl sites for hydroxylation is 2. The maximum absolute atomic E-state index is 11.1. The number of carbonyl (C=O) groups excluding carboxylic acids is 1. The van der Waals surface area contributed by atoms with Gasteiger partial charge in [0.15, 0.2) is 6.29 Å². The van der Waals surface area contributed by atoms with Gasteiger partial charge in [0.05, 0.1) is 0 Å². The maximum Gasteiger partial charge on any atom is 0.151 e. The van der Waals surface area contributed by atoms with E-state index in [1.54, 1.807) is 12.4 Å². The van der Waals surface area contributed by atoms with Crippen LogP contribution < -0.4 is 0 Å². The molecule has 0 atom stereocenters. The summed E-state index contributed by atoms with van der Waals surface area (Å²) in [5.74, 6) is 0. The fourth-order valence-corrected chi connectivity index (χ4v) is 2.54. The number of rotatable bonds is 2. The lowest BCUT2D eigenvalue weighted by molar-refractivity contribution is 0.112. The first-order valence-electron chi connectivity index (χ1n) is 6.19. The summed E-state index contributed by atoms with van der Waals surface area (Å²) in [6.45, 7) is 4.16. The van der Waals surface area contributed by atoms with Crippen LogP contribution >= 0.6 is 0 Å². The first-order valence-corrected chi connectivity index (χ1v) is 6.19. The highest BCUT2D eigenvalue weighted by molar-refractivity contribution is 5.86. The van der Waals surface area contributed by atoms with Gasteiger partial charge in [-0.05, 0) is 36.6 Å². The average Bonchev–Trinajstić information content (AvgIpc) is 2.86. The van der Waals surface area contributed by atoms with Gasteiger partial charge in [0.25, 0.3) is 0 Å². The summed E-state index contributed by atoms with van der Waals surface area (Å²) in [6.07, 6.45) is 6.28. The Balaban J connectivity index is 2.41. The van der Waals surface area contributed by atoms with Crippen LogP contribution in [0.5, 0.6) is 0 Å². The second kappa shape index (κ2) is 4.35. The molecular weight excluding hydrogens is 236 g/mol. The van der Waals surface area contributed by atoms with E-state index in [0.29, 0.717) is 5.56 Å². The molecule has 2 heterocycles. The topological polar surface area (TPSA) is 34.4 Å². The van der Waals surface area contributed by atoms with E-state index in [0.717, 1.165) is 23.1 Å². The van der Waals surface area contributed by atoms with Crippen LogP contribution in [0.15, 0.2) is 42.9 Å². The van der Waals surface area contributed by atoms with Crippen molar-refractivity contribution in [2.24, 2.45) is 0 Å². The van der Waals surface area contributed by atoms with Crippen LogP contribution in [0.4, 0.5) is 0 Å². The average molecular weight is 250 g/mol. The lowest BCUT2D eigenvalue weighted by Crippen LogP contribution is -1.95. The first kappa shape index (κ1) is 11.7. The Labute approximate surface area is 111 Å². The molecule has 3 nitrogen and oxygen atoms in total. The van der Waals surface area contributed by atoms with Crippen molar-refractivity contribution >= 4 is 11.9 Å². The van der Waals surface area contributed by atoms with Crippen molar-refractivity contribution in [1.29, 1.82) is 0 Å². The zero-order valence-electron chi connectivity index (χ0n) is 10.9. The van der Waals surface area contributed by atoms with Crippen molar-refractivity contribution in [3.63, 3.8) is 0 Å². The number of pyridine rings is 1. The van der Waals surface area contributed by atoms with Gasteiger partial charge >= 0.3 is 0 Å². The van der Waals surface area contributed by atoms with Crippen molar-refractivity contribution in [2.75, 3.05) is 0 Å². The van der Waals surface area contributed by atoms with E-state index in [2.05, 4.69) is 31.0 Å². The number of benzene rings is 1. The van der Waals surface area contributed by atoms with Crippen molar-refractivity contribution < 1.29 is 4.79 Å². The molecule has 2 aromatic heterocycles. The number of hydrogen-bond acceptors (Lipinski definition) is 2. The van der Waals surface area contributed by atoms with Crippen LogP contribution in [0.1, 0.15) is 21.5 Å². The molecular formula is C16H14N2O. The van der Waals surface area contributed by atoms with Gasteiger partial charge in [-0.15, -0.1) is 0 Å². The van der Waals surface area contributed by atoms with E-state index >= 15 is 0 Å². The highest BCUT2D eigenvalue weighted by atomic mass is 16.1. The SMILES string of the molecule is Cc1cccc(C)c1-c1cc(C=O)cn2ccnc12. The largest absolute Gasteiger partial charge is 0.306 e. The molecule has 0 saturated carbocycles. The van der Waals surface area contributed by atoms with Crippen molar-refractivity contribution in [3.05, 3.63) is 59.5 Å². The van der Waals surface area contributed by atoms with Gasteiger partial charge in [-0.25, -0.2) is 4.98 Å². The fraction of sp³-hybridized carbons (Fsp3) is 0.125. The van der Waals surface area contributed by atoms with E-state index in [4.69, 9.17) is 0 Å². The number of imidazole rings is 1. The molecule has 0 bridgehead atoms. The lowest BCUT2D eigenvalue weighted by Gasteiger charge is -2.11. The number of aromatic nitrogens is 2. The predicted octanol–water partition coefficient (Wildman–Crippen LogP) is 3.43. The van der Waals surface area contributed by atoms with E-state index in [-0.39, 0.29) is 0 Å². The zero-order chi connectivity index (χ0) is 13.4. The monoisotopic (exact) mass is 250 g/mol. The van der Waals surface area contributed by atoms with Gasteiger partial charge in [0, 0.05) is 29.7 Å². The molecule has 0 N–H and O–H groups in total. The van der Waals surface area contributed by atoms with Gasteiger partial charge in [-0.3, -0.25) is 4.79 Å². The molecule has 3 aromatic rings. The third-order valence-corrected chi connectivity index (χ3v) is 3.40. The molecule has 19 heavy (non-hydrogen) atoms. The second-order valence-corrected chi connectivity index (χ2v) is 4.73. The van der Waals surface area contributed by atoms with E-state index in [9.17, 15) is 4.79 Å². The summed E-state index contributed by atoms with van der Waals surface area (Å²) in [4.78, 5) is 15.5. The summed E-state index contributed by atoms with van der Waals surface area (Å²) in [7, 11) is 0. The van der Waals surface area contributed by atoms with Crippen LogP contribution in [-0.4, -0.2) is 15.7 Å². The number of hydrogen-bond donors (Lipinski definition) is 0. The molecule has 94 valence electrons. The summed E-state index contributed by atoms with van der Waals surface area (Å²) in [5.41, 5.74) is 6.07. The van der Waals surface area contributed by atoms with Crippen LogP contribution in [-0.2, 0) is 0 Å². The molecule has 3 heteroatoms. The molecule has 0 aliphatic heterocycles. The van der Waals surface area contributed by atoms with E-state index < -0.39 is 0 Å². The second-order valence-electron chi connectivity index (χ2n) is 4.73. The smallest absolute Gasteiger partial charge is 0.151 e. The number of nitrogens with zero attached hydrogens (tertiary/aromatic N) is 2. The molecule has 0 amide bonds. The Morgan fingerprint density at radius 1 is 1.21 bits per heavy atom. The third kappa shape index (κ3) is 1.83. The highest BCUT2D eigenvalue weighted by Gasteiger charge is 2.11. The quantitative estimate of drug-likeness (QED) is 0.653. The van der Waals surface area contributed by atoms with Gasteiger partial charge in [-0.2, -0.15) is 0 Å². The Morgan fingerprint density at radius 2 is 1.95 bits per heavy atom. The normalized spacial score (nSPS) is 10.8. The molecule has 3 rings (SSSR count). The molecule has 0 radical (unpaired) electrons. The van der Waals surface area contributed by atoms with Crippen molar-refractivity contribution in [2.45, 2.75) is 13.8 Å². The standard InChI is InChI=1S/C16H14N2O/c1-11-4-3-5-12(2)15(11)14-8-13(10-19)9-18-7-6-17-16(14)18/h3-10H,1-2H3. The third-order valence-electron chi connectivity index (χ3n) is 3.40. The fourth-order valence-electron chi connectivity index (χ4n) is 2.54. The van der Waals surface area contributed by atoms with Gasteiger partial charge in [0.1, 0.15) is 5.65 Å². The van der Waals surface area contributed by atoms with Crippen molar-refractivity contribution in [1.82, 2.24) is 9.38 Å². The molecule has 0 unspecified atom stereocenters. The van der Waals surface area contributed by atoms with Gasteiger partial charge in [-0.1, -0.05) is 18.2 Å². The summed E-state index contributed by atoms with van der Waals surface area (Å²) >= 11 is 0. The lowest BCUT2D eigenvalue weighted by atomic mass is 9.96. The van der Waals surface area contributed by atoms with Gasteiger partial charge in [0.2, 0.25) is 0 Å². The molecule has 0 saturated heterocycles. The summed E-state index contributed by atoms with van der Waals surface area (Å²) < 4.78 is 1.89. The van der Waals surface area contributed by atoms with Crippen LogP contribution in [0.25, 0.3) is 16.8 Å². The summed E-state index contributed by atoms with van der Waals surface area (Å²) in [5, 5.41) is 0. The number of aldehydes is 1. The zero-order valence-corrected chi connectivity index (χ0v) is 10.9. The first-order chi connectivity index (χ1) is 9.20. The Hall–Kier alpha value is -2.42. The molecule has 0 aliphatic rings. The van der Waals surface area contributed by atoms with Gasteiger partial charge < -0.3 is 4.40 Å². The molecule has 0 spiro atoms. The molecule has 0 fully saturated rings. The minimum Gasteiger partial charge on any atom is -0.306 e. The van der Waals surface area contributed by atoms with E-state index in [1.807, 2.05) is 22.7 Å². The Kier molecular flexibility index (Phi) is 2.67. The maximum atomic E-state index is 11.1. The predicted molar refractivity (Wildman–Crippen MR) is 75.5 cm³/mol. The molecule has 1 aromatic carbocycles. The Bertz CT molecular complexity index is 751. The van der Waals surface area contributed by atoms with Crippen molar-refractivity contribution in [3.8, 4) is 11.1 Å². The van der Waals surface area contributed by atoms with Crippen LogP contribution in [0.2, 0.25) is 0 Å². The summed E-state index contributed by atoms with van der Waals surface area (Å²) in [6, 6.07) is 8.11. The molecule has 0 aliphatic carbocycles.